The van der Waals surface area contributed by atoms with E-state index in [2.05, 4.69) is 37.2 Å². The maximum absolute atomic E-state index is 11.5. The quantitative estimate of drug-likeness (QED) is 0.656. The Bertz CT molecular complexity index is 311. The fourth-order valence-corrected chi connectivity index (χ4v) is 4.16. The highest BCUT2D eigenvalue weighted by Crippen LogP contribution is 2.37. The van der Waals surface area contributed by atoms with Crippen LogP contribution in [0.4, 0.5) is 0 Å². The third-order valence-corrected chi connectivity index (χ3v) is 7.26. The molecule has 0 bridgehead atoms. The van der Waals surface area contributed by atoms with E-state index in [1.807, 2.05) is 0 Å². The van der Waals surface area contributed by atoms with Gasteiger partial charge >= 0.3 is 0 Å². The van der Waals surface area contributed by atoms with Gasteiger partial charge < -0.3 is 5.32 Å². The van der Waals surface area contributed by atoms with Crippen LogP contribution in [0.1, 0.15) is 6.92 Å². The molecule has 0 radical (unpaired) electrons. The van der Waals surface area contributed by atoms with Crippen LogP contribution < -0.4 is 5.32 Å². The van der Waals surface area contributed by atoms with Gasteiger partial charge in [-0.2, -0.15) is 0 Å². The summed E-state index contributed by atoms with van der Waals surface area (Å²) in [5.74, 6) is -0.569. The van der Waals surface area contributed by atoms with Crippen molar-refractivity contribution in [2.75, 3.05) is 6.54 Å². The Balaban J connectivity index is 3.19. The van der Waals surface area contributed by atoms with Crippen LogP contribution in [0.25, 0.3) is 0 Å². The van der Waals surface area contributed by atoms with Crippen molar-refractivity contribution >= 4 is 47.6 Å². The predicted molar refractivity (Wildman–Crippen MR) is 52.0 cm³/mol. The molecule has 12 heavy (non-hydrogen) atoms. The number of carbonyl (C=O) groups excluding carboxylic acids is 1. The molecule has 1 fully saturated rings. The normalized spacial score (nSPS) is 32.6. The van der Waals surface area contributed by atoms with Gasteiger partial charge in [-0.25, -0.2) is 8.42 Å². The minimum absolute atomic E-state index is 0.167. The standard InChI is InChI=1S/C5H7Br2NO3S/c1-3-2-8-4(9)5(6,7)12(3,10)11/h3H,2H2,1H3,(H,8,9). The van der Waals surface area contributed by atoms with Crippen LogP contribution in [-0.2, 0) is 14.6 Å². The van der Waals surface area contributed by atoms with E-state index < -0.39 is 23.6 Å². The number of amides is 1. The van der Waals surface area contributed by atoms with Crippen molar-refractivity contribution in [3.63, 3.8) is 0 Å². The van der Waals surface area contributed by atoms with Crippen LogP contribution in [0.2, 0.25) is 0 Å². The molecule has 1 amide bonds. The average molecular weight is 321 g/mol. The molecule has 0 aliphatic carbocycles. The number of sulfone groups is 1. The third kappa shape index (κ3) is 1.31. The fourth-order valence-electron chi connectivity index (χ4n) is 0.831. The summed E-state index contributed by atoms with van der Waals surface area (Å²) in [5.41, 5.74) is 0. The van der Waals surface area contributed by atoms with Gasteiger partial charge in [0.25, 0.3) is 8.47 Å². The largest absolute Gasteiger partial charge is 0.352 e. The lowest BCUT2D eigenvalue weighted by atomic mass is 10.4. The molecule has 70 valence electrons. The van der Waals surface area contributed by atoms with Crippen LogP contribution in [0.5, 0.6) is 0 Å². The molecule has 1 aliphatic rings. The zero-order valence-corrected chi connectivity index (χ0v) is 10.2. The first kappa shape index (κ1) is 10.5. The first-order chi connectivity index (χ1) is 5.30. The highest BCUT2D eigenvalue weighted by molar-refractivity contribution is 9.28. The van der Waals surface area contributed by atoms with E-state index in [0.29, 0.717) is 0 Å². The Kier molecular flexibility index (Phi) is 2.57. The summed E-state index contributed by atoms with van der Waals surface area (Å²) >= 11 is 5.67. The maximum Gasteiger partial charge on any atom is 0.263 e. The van der Waals surface area contributed by atoms with Gasteiger partial charge in [-0.3, -0.25) is 4.79 Å². The second-order valence-corrected chi connectivity index (χ2v) is 9.58. The van der Waals surface area contributed by atoms with Gasteiger partial charge in [0.2, 0.25) is 0 Å². The van der Waals surface area contributed by atoms with E-state index in [1.54, 1.807) is 6.92 Å². The monoisotopic (exact) mass is 319 g/mol. The van der Waals surface area contributed by atoms with Gasteiger partial charge in [-0.05, 0) is 38.8 Å². The lowest BCUT2D eigenvalue weighted by Crippen LogP contribution is -2.55. The number of hydrogen-bond acceptors (Lipinski definition) is 3. The smallest absolute Gasteiger partial charge is 0.263 e. The fraction of sp³-hybridized carbons (Fsp3) is 0.800. The molecular formula is C5H7Br2NO3S. The Morgan fingerprint density at radius 1 is 1.58 bits per heavy atom. The molecule has 4 nitrogen and oxygen atoms in total. The van der Waals surface area contributed by atoms with Crippen molar-refractivity contribution in [1.82, 2.24) is 5.32 Å². The minimum atomic E-state index is -3.47. The summed E-state index contributed by atoms with van der Waals surface area (Å²) in [4.78, 5) is 11.1. The van der Waals surface area contributed by atoms with Crippen LogP contribution in [0.3, 0.4) is 0 Å². The van der Waals surface area contributed by atoms with E-state index in [9.17, 15) is 13.2 Å². The molecule has 0 spiro atoms. The Hall–Kier alpha value is 0.380. The summed E-state index contributed by atoms with van der Waals surface area (Å²) in [7, 11) is -3.47. The molecule has 1 heterocycles. The zero-order chi connectivity index (χ0) is 9.57. The Morgan fingerprint density at radius 3 is 2.50 bits per heavy atom. The van der Waals surface area contributed by atoms with Crippen LogP contribution in [0, 0.1) is 0 Å². The lowest BCUT2D eigenvalue weighted by molar-refractivity contribution is -0.119. The highest BCUT2D eigenvalue weighted by Gasteiger charge is 2.52. The Morgan fingerprint density at radius 2 is 2.08 bits per heavy atom. The van der Waals surface area contributed by atoms with Crippen molar-refractivity contribution in [1.29, 1.82) is 0 Å². The van der Waals surface area contributed by atoms with Crippen molar-refractivity contribution in [2.24, 2.45) is 0 Å². The van der Waals surface area contributed by atoms with Crippen LogP contribution >= 0.6 is 31.9 Å². The molecular weight excluding hydrogens is 314 g/mol. The highest BCUT2D eigenvalue weighted by atomic mass is 79.9. The van der Waals surface area contributed by atoms with E-state index in [4.69, 9.17) is 0 Å². The van der Waals surface area contributed by atoms with Crippen molar-refractivity contribution < 1.29 is 13.2 Å². The number of carbonyl (C=O) groups is 1. The number of alkyl halides is 2. The molecule has 7 heteroatoms. The first-order valence-electron chi connectivity index (χ1n) is 3.19. The topological polar surface area (TPSA) is 63.2 Å². The van der Waals surface area contributed by atoms with Crippen molar-refractivity contribution in [3.05, 3.63) is 0 Å². The molecule has 1 saturated heterocycles. The van der Waals surface area contributed by atoms with Gasteiger partial charge in [0.05, 0.1) is 5.25 Å². The van der Waals surface area contributed by atoms with E-state index in [-0.39, 0.29) is 6.54 Å². The van der Waals surface area contributed by atoms with Gasteiger partial charge in [0.15, 0.2) is 9.84 Å². The van der Waals surface area contributed by atoms with E-state index >= 15 is 0 Å². The molecule has 0 aromatic carbocycles. The average Bonchev–Trinajstić information content (AvgIpc) is 1.96. The molecule has 0 saturated carbocycles. The summed E-state index contributed by atoms with van der Waals surface area (Å²) in [6, 6.07) is 0. The van der Waals surface area contributed by atoms with E-state index in [1.165, 1.54) is 0 Å². The van der Waals surface area contributed by atoms with Gasteiger partial charge in [0, 0.05) is 6.54 Å². The minimum Gasteiger partial charge on any atom is -0.352 e. The molecule has 1 atom stereocenters. The zero-order valence-electron chi connectivity index (χ0n) is 6.17. The van der Waals surface area contributed by atoms with Gasteiger partial charge in [-0.1, -0.05) is 0 Å². The number of halogens is 2. The SMILES string of the molecule is CC1CNC(=O)C(Br)(Br)S1(=O)=O. The number of rotatable bonds is 0. The summed E-state index contributed by atoms with van der Waals surface area (Å²) in [6.45, 7) is 1.71. The lowest BCUT2D eigenvalue weighted by Gasteiger charge is -2.29. The van der Waals surface area contributed by atoms with Crippen LogP contribution in [-0.4, -0.2) is 28.7 Å². The third-order valence-electron chi connectivity index (χ3n) is 1.70. The number of nitrogens with one attached hydrogen (secondary N) is 1. The second kappa shape index (κ2) is 2.95. The molecule has 1 N–H and O–H groups in total. The molecule has 0 aromatic heterocycles. The predicted octanol–water partition coefficient (Wildman–Crippen LogP) is 0.363. The van der Waals surface area contributed by atoms with Gasteiger partial charge in [0.1, 0.15) is 0 Å². The summed E-state index contributed by atoms with van der Waals surface area (Å²) < 4.78 is 21.3. The molecule has 1 unspecified atom stereocenters. The second-order valence-electron chi connectivity index (χ2n) is 2.58. The van der Waals surface area contributed by atoms with Gasteiger partial charge in [-0.15, -0.1) is 0 Å². The summed E-state index contributed by atoms with van der Waals surface area (Å²) in [5, 5.41) is 1.89. The summed E-state index contributed by atoms with van der Waals surface area (Å²) in [6.07, 6.45) is 0. The van der Waals surface area contributed by atoms with Crippen molar-refractivity contribution in [2.45, 2.75) is 14.7 Å². The molecule has 1 rings (SSSR count). The molecule has 1 aliphatic heterocycles. The first-order valence-corrected chi connectivity index (χ1v) is 6.33. The molecule has 0 aromatic rings. The van der Waals surface area contributed by atoms with E-state index in [0.717, 1.165) is 0 Å². The number of hydrogen-bond donors (Lipinski definition) is 1. The Labute approximate surface area is 87.3 Å². The van der Waals surface area contributed by atoms with Crippen LogP contribution in [0.15, 0.2) is 0 Å². The van der Waals surface area contributed by atoms with Crippen molar-refractivity contribution in [3.8, 4) is 0 Å². The maximum atomic E-state index is 11.5.